The summed E-state index contributed by atoms with van der Waals surface area (Å²) in [6.45, 7) is 3.83. The highest BCUT2D eigenvalue weighted by Gasteiger charge is 2.25. The summed E-state index contributed by atoms with van der Waals surface area (Å²) >= 11 is 0. The summed E-state index contributed by atoms with van der Waals surface area (Å²) in [7, 11) is -2.38. The molecule has 0 aliphatic heterocycles. The van der Waals surface area contributed by atoms with Crippen LogP contribution in [0.5, 0.6) is 0 Å². The van der Waals surface area contributed by atoms with Gasteiger partial charge in [0.25, 0.3) is 11.8 Å². The Bertz CT molecular complexity index is 1760. The predicted molar refractivity (Wildman–Crippen MR) is 182 cm³/mol. The topological polar surface area (TPSA) is 128 Å². The Morgan fingerprint density at radius 1 is 0.787 bits per heavy atom. The predicted octanol–water partition coefficient (Wildman–Crippen LogP) is 4.77. The molecule has 4 atom stereocenters. The molecule has 4 N–H and O–H groups in total. The molecule has 4 aromatic rings. The lowest BCUT2D eigenvalue weighted by atomic mass is 9.99. The molecule has 9 nitrogen and oxygen atoms in total. The van der Waals surface area contributed by atoms with E-state index in [2.05, 4.69) is 16.0 Å². The minimum absolute atomic E-state index is 0.0495. The molecular formula is C36H41FN4O5S. The zero-order chi connectivity index (χ0) is 34.1. The summed E-state index contributed by atoms with van der Waals surface area (Å²) in [4.78, 5) is 27.2. The molecule has 0 spiro atoms. The molecule has 0 aliphatic rings. The van der Waals surface area contributed by atoms with Crippen molar-refractivity contribution in [1.29, 1.82) is 0 Å². The van der Waals surface area contributed by atoms with Crippen molar-refractivity contribution in [3.63, 3.8) is 0 Å². The molecule has 0 saturated carbocycles. The molecule has 0 radical (unpaired) electrons. The fraction of sp³-hybridized carbons (Fsp3) is 0.278. The lowest BCUT2D eigenvalue weighted by Gasteiger charge is -2.27. The SMILES string of the molecule is CC(NCC(O)C(Cc1ccccc1)NC(=O)c1cc(C(=O)NC(C)c2ccccc2)cc(N(C)S(C)(=O)=O)c1)c1ccc(F)cc1. The highest BCUT2D eigenvalue weighted by molar-refractivity contribution is 7.92. The van der Waals surface area contributed by atoms with Gasteiger partial charge in [0.2, 0.25) is 10.0 Å². The summed E-state index contributed by atoms with van der Waals surface area (Å²) in [5, 5.41) is 20.4. The number of amides is 2. The Labute approximate surface area is 275 Å². The van der Waals surface area contributed by atoms with Crippen LogP contribution in [0.25, 0.3) is 0 Å². The zero-order valence-corrected chi connectivity index (χ0v) is 27.7. The Morgan fingerprint density at radius 3 is 1.89 bits per heavy atom. The van der Waals surface area contributed by atoms with Crippen LogP contribution in [-0.4, -0.2) is 57.3 Å². The van der Waals surface area contributed by atoms with Gasteiger partial charge >= 0.3 is 0 Å². The molecule has 0 aliphatic carbocycles. The van der Waals surface area contributed by atoms with Crippen LogP contribution in [0.3, 0.4) is 0 Å². The lowest BCUT2D eigenvalue weighted by molar-refractivity contribution is 0.0825. The fourth-order valence-corrected chi connectivity index (χ4v) is 5.55. The largest absolute Gasteiger partial charge is 0.390 e. The Kier molecular flexibility index (Phi) is 11.9. The van der Waals surface area contributed by atoms with Gasteiger partial charge in [0.05, 0.1) is 30.1 Å². The first kappa shape index (κ1) is 35.3. The number of halogens is 1. The van der Waals surface area contributed by atoms with E-state index >= 15 is 0 Å². The van der Waals surface area contributed by atoms with Gasteiger partial charge in [-0.1, -0.05) is 72.8 Å². The summed E-state index contributed by atoms with van der Waals surface area (Å²) in [6, 6.07) is 27.7. The van der Waals surface area contributed by atoms with Crippen LogP contribution in [0.4, 0.5) is 10.1 Å². The summed E-state index contributed by atoms with van der Waals surface area (Å²) in [5.41, 5.74) is 2.87. The third kappa shape index (κ3) is 9.95. The number of hydrogen-bond acceptors (Lipinski definition) is 6. The van der Waals surface area contributed by atoms with Crippen molar-refractivity contribution in [2.45, 2.75) is 44.5 Å². The summed E-state index contributed by atoms with van der Waals surface area (Å²) in [5.74, 6) is -1.42. The smallest absolute Gasteiger partial charge is 0.251 e. The Hall–Kier alpha value is -4.58. The van der Waals surface area contributed by atoms with Gasteiger partial charge in [-0.15, -0.1) is 0 Å². The molecule has 4 rings (SSSR count). The number of sulfonamides is 1. The van der Waals surface area contributed by atoms with E-state index in [-0.39, 0.29) is 41.3 Å². The van der Waals surface area contributed by atoms with Crippen molar-refractivity contribution < 1.29 is 27.5 Å². The van der Waals surface area contributed by atoms with E-state index < -0.39 is 34.0 Å². The number of carbonyl (C=O) groups is 2. The van der Waals surface area contributed by atoms with Crippen molar-refractivity contribution in [2.24, 2.45) is 0 Å². The van der Waals surface area contributed by atoms with Crippen LogP contribution >= 0.6 is 0 Å². The maximum Gasteiger partial charge on any atom is 0.251 e. The van der Waals surface area contributed by atoms with Gasteiger partial charge in [-0.2, -0.15) is 0 Å². The van der Waals surface area contributed by atoms with E-state index in [9.17, 15) is 27.5 Å². The van der Waals surface area contributed by atoms with E-state index in [1.807, 2.05) is 74.5 Å². The molecule has 47 heavy (non-hydrogen) atoms. The zero-order valence-electron chi connectivity index (χ0n) is 26.9. The summed E-state index contributed by atoms with van der Waals surface area (Å²) in [6.07, 6.45) is 0.285. The summed E-state index contributed by atoms with van der Waals surface area (Å²) < 4.78 is 39.3. The quantitative estimate of drug-likeness (QED) is 0.154. The van der Waals surface area contributed by atoms with Gasteiger partial charge in [-0.3, -0.25) is 13.9 Å². The normalized spacial score (nSPS) is 14.0. The monoisotopic (exact) mass is 660 g/mol. The van der Waals surface area contributed by atoms with Gasteiger partial charge < -0.3 is 21.1 Å². The lowest BCUT2D eigenvalue weighted by Crippen LogP contribution is -2.49. The van der Waals surface area contributed by atoms with Gasteiger partial charge in [0, 0.05) is 30.8 Å². The van der Waals surface area contributed by atoms with E-state index in [0.717, 1.165) is 27.3 Å². The standard InChI is InChI=1S/C36H41FN4O5S/c1-24(28-15-17-31(37)18-16-28)38-23-34(42)33(19-26-11-7-5-8-12-26)40-36(44)30-20-29(21-32(22-30)41(3)47(4,45)46)35(43)39-25(2)27-13-9-6-10-14-27/h5-18,20-22,24-25,33-34,38,42H,19,23H2,1-4H3,(H,39,43)(H,40,44). The van der Waals surface area contributed by atoms with Crippen molar-refractivity contribution in [3.8, 4) is 0 Å². The number of aliphatic hydroxyl groups excluding tert-OH is 1. The average molecular weight is 661 g/mol. The molecule has 11 heteroatoms. The highest BCUT2D eigenvalue weighted by Crippen LogP contribution is 2.23. The van der Waals surface area contributed by atoms with E-state index in [1.165, 1.54) is 37.4 Å². The van der Waals surface area contributed by atoms with Crippen LogP contribution in [0, 0.1) is 5.82 Å². The van der Waals surface area contributed by atoms with Crippen LogP contribution in [-0.2, 0) is 16.4 Å². The maximum absolute atomic E-state index is 13.8. The minimum Gasteiger partial charge on any atom is -0.390 e. The number of nitrogens with one attached hydrogen (secondary N) is 3. The molecule has 0 heterocycles. The van der Waals surface area contributed by atoms with E-state index in [4.69, 9.17) is 0 Å². The maximum atomic E-state index is 13.8. The van der Waals surface area contributed by atoms with Crippen LogP contribution in [0.15, 0.2) is 103 Å². The third-order valence-corrected chi connectivity index (χ3v) is 9.24. The molecule has 0 fully saturated rings. The third-order valence-electron chi connectivity index (χ3n) is 8.03. The molecule has 0 bridgehead atoms. The number of benzene rings is 4. The van der Waals surface area contributed by atoms with Crippen LogP contribution in [0.1, 0.15) is 63.3 Å². The number of nitrogens with zero attached hydrogens (tertiary/aromatic N) is 1. The Morgan fingerprint density at radius 2 is 1.32 bits per heavy atom. The van der Waals surface area contributed by atoms with E-state index in [1.54, 1.807) is 12.1 Å². The number of aliphatic hydroxyl groups is 1. The van der Waals surface area contributed by atoms with Gasteiger partial charge in [-0.25, -0.2) is 12.8 Å². The molecule has 4 unspecified atom stereocenters. The molecule has 4 aromatic carbocycles. The van der Waals surface area contributed by atoms with Crippen molar-refractivity contribution in [3.05, 3.63) is 137 Å². The molecular weight excluding hydrogens is 619 g/mol. The number of rotatable bonds is 14. The van der Waals surface area contributed by atoms with Gasteiger partial charge in [-0.05, 0) is 67.3 Å². The van der Waals surface area contributed by atoms with Crippen molar-refractivity contribution >= 4 is 27.5 Å². The number of hydrogen-bond donors (Lipinski definition) is 4. The van der Waals surface area contributed by atoms with Crippen molar-refractivity contribution in [2.75, 3.05) is 24.2 Å². The first-order valence-electron chi connectivity index (χ1n) is 15.3. The molecule has 0 saturated heterocycles. The number of carbonyl (C=O) groups excluding carboxylic acids is 2. The van der Waals surface area contributed by atoms with Gasteiger partial charge in [0.15, 0.2) is 0 Å². The van der Waals surface area contributed by atoms with Crippen LogP contribution in [0.2, 0.25) is 0 Å². The van der Waals surface area contributed by atoms with Crippen LogP contribution < -0.4 is 20.3 Å². The second-order valence-corrected chi connectivity index (χ2v) is 13.6. The first-order valence-corrected chi connectivity index (χ1v) is 17.1. The Balaban J connectivity index is 1.59. The molecule has 2 amide bonds. The fourth-order valence-electron chi connectivity index (χ4n) is 5.06. The highest BCUT2D eigenvalue weighted by atomic mass is 32.2. The van der Waals surface area contributed by atoms with Gasteiger partial charge in [0.1, 0.15) is 5.82 Å². The molecule has 0 aromatic heterocycles. The minimum atomic E-state index is -3.72. The second-order valence-electron chi connectivity index (χ2n) is 11.6. The van der Waals surface area contributed by atoms with Crippen molar-refractivity contribution in [1.82, 2.24) is 16.0 Å². The number of anilines is 1. The first-order chi connectivity index (χ1) is 22.3. The average Bonchev–Trinajstić information content (AvgIpc) is 3.06. The molecule has 248 valence electrons. The van der Waals surface area contributed by atoms with E-state index in [0.29, 0.717) is 6.42 Å². The second kappa shape index (κ2) is 15.8.